The van der Waals surface area contributed by atoms with E-state index in [0.29, 0.717) is 44.1 Å². The molecule has 2 aliphatic carbocycles. The molecule has 0 saturated heterocycles. The Labute approximate surface area is 259 Å². The average Bonchev–Trinajstić information content (AvgIpc) is 3.28. The molecule has 3 atom stereocenters. The number of aromatic amines is 1. The first-order valence-corrected chi connectivity index (χ1v) is 15.1. The van der Waals surface area contributed by atoms with E-state index >= 15 is 8.78 Å². The van der Waals surface area contributed by atoms with Gasteiger partial charge in [-0.3, -0.25) is 14.6 Å². The summed E-state index contributed by atoms with van der Waals surface area (Å²) < 4.78 is 88.1. The van der Waals surface area contributed by atoms with Gasteiger partial charge in [0.1, 0.15) is 35.1 Å². The van der Waals surface area contributed by atoms with E-state index in [4.69, 9.17) is 4.98 Å². The van der Waals surface area contributed by atoms with E-state index in [-0.39, 0.29) is 24.0 Å². The number of alkyl halides is 4. The molecule has 0 spiro atoms. The zero-order valence-corrected chi connectivity index (χ0v) is 24.3. The van der Waals surface area contributed by atoms with Gasteiger partial charge in [-0.05, 0) is 60.2 Å². The van der Waals surface area contributed by atoms with Crippen molar-refractivity contribution in [1.29, 1.82) is 0 Å². The fourth-order valence-electron chi connectivity index (χ4n) is 6.55. The number of hydrogen-bond donors (Lipinski definition) is 2. The lowest BCUT2D eigenvalue weighted by Crippen LogP contribution is -2.35. The highest BCUT2D eigenvalue weighted by Crippen LogP contribution is 2.68. The first kappa shape index (κ1) is 28.7. The van der Waals surface area contributed by atoms with Gasteiger partial charge in [-0.15, -0.1) is 11.3 Å². The quantitative estimate of drug-likeness (QED) is 0.173. The number of fused-ring (bicyclic) bond motifs is 5. The fraction of sp³-hybridized carbons (Fsp3) is 0.258. The Morgan fingerprint density at radius 1 is 1.09 bits per heavy atom. The molecular weight excluding hydrogens is 632 g/mol. The van der Waals surface area contributed by atoms with E-state index in [2.05, 4.69) is 25.6 Å². The monoisotopic (exact) mass is 653 g/mol. The number of carbonyl (C=O) groups is 1. The SMILES string of the molecule is O=C(Cn1nc(C(F)F)c2c1C(F)(F)[C@@H]1C[C@H]21)N[C@H](Cc1cc(F)cc(F)c1)c1nc2cn[nH]c2cc1-c1ccc2scnc2c1. The van der Waals surface area contributed by atoms with Crippen molar-refractivity contribution in [2.24, 2.45) is 5.92 Å². The number of carbonyl (C=O) groups excluding carboxylic acids is 1. The van der Waals surface area contributed by atoms with Gasteiger partial charge in [0.05, 0.1) is 39.2 Å². The van der Waals surface area contributed by atoms with Crippen LogP contribution >= 0.6 is 11.3 Å². The number of H-pyrrole nitrogens is 1. The molecule has 15 heteroatoms. The number of amides is 1. The number of nitrogens with zero attached hydrogens (tertiary/aromatic N) is 5. The van der Waals surface area contributed by atoms with E-state index in [0.717, 1.165) is 16.8 Å². The van der Waals surface area contributed by atoms with Crippen molar-refractivity contribution in [1.82, 2.24) is 35.3 Å². The van der Waals surface area contributed by atoms with E-state index < -0.39 is 65.7 Å². The predicted octanol–water partition coefficient (Wildman–Crippen LogP) is 6.96. The molecule has 46 heavy (non-hydrogen) atoms. The third-order valence-electron chi connectivity index (χ3n) is 8.58. The van der Waals surface area contributed by atoms with Crippen LogP contribution in [-0.4, -0.2) is 35.9 Å². The number of aromatic nitrogens is 6. The van der Waals surface area contributed by atoms with Gasteiger partial charge < -0.3 is 5.32 Å². The number of pyridine rings is 1. The second kappa shape index (κ2) is 10.4. The van der Waals surface area contributed by atoms with Crippen LogP contribution in [0.1, 0.15) is 53.0 Å². The van der Waals surface area contributed by atoms with Crippen LogP contribution in [0.25, 0.3) is 32.4 Å². The zero-order chi connectivity index (χ0) is 31.9. The van der Waals surface area contributed by atoms with Crippen molar-refractivity contribution in [2.75, 3.05) is 0 Å². The topological polar surface area (TPSA) is 101 Å². The smallest absolute Gasteiger partial charge is 0.293 e. The molecule has 8 nitrogen and oxygen atoms in total. The van der Waals surface area contributed by atoms with Gasteiger partial charge >= 0.3 is 0 Å². The summed E-state index contributed by atoms with van der Waals surface area (Å²) in [4.78, 5) is 22.7. The highest BCUT2D eigenvalue weighted by Gasteiger charge is 2.67. The first-order valence-electron chi connectivity index (χ1n) is 14.3. The summed E-state index contributed by atoms with van der Waals surface area (Å²) in [6, 6.07) is 9.21. The molecule has 2 aromatic carbocycles. The Morgan fingerprint density at radius 2 is 1.89 bits per heavy atom. The van der Waals surface area contributed by atoms with Crippen molar-refractivity contribution in [3.8, 4) is 11.1 Å². The molecule has 4 heterocycles. The Morgan fingerprint density at radius 3 is 2.67 bits per heavy atom. The van der Waals surface area contributed by atoms with E-state index in [9.17, 15) is 22.4 Å². The molecule has 1 amide bonds. The molecule has 0 bridgehead atoms. The number of nitrogens with one attached hydrogen (secondary N) is 2. The maximum Gasteiger partial charge on any atom is 0.293 e. The molecule has 1 fully saturated rings. The van der Waals surface area contributed by atoms with Crippen LogP contribution < -0.4 is 5.32 Å². The summed E-state index contributed by atoms with van der Waals surface area (Å²) in [6.07, 6.45) is -1.68. The van der Waals surface area contributed by atoms with Crippen LogP contribution in [-0.2, 0) is 23.7 Å². The van der Waals surface area contributed by atoms with Crippen molar-refractivity contribution >= 4 is 38.5 Å². The summed E-state index contributed by atoms with van der Waals surface area (Å²) in [5, 5.41) is 13.4. The van der Waals surface area contributed by atoms with Crippen LogP contribution in [0.5, 0.6) is 0 Å². The number of hydrogen-bond acceptors (Lipinski definition) is 6. The normalized spacial score (nSPS) is 18.7. The molecule has 0 aliphatic heterocycles. The maximum absolute atomic E-state index is 15.2. The van der Waals surface area contributed by atoms with Crippen LogP contribution in [0, 0.1) is 17.6 Å². The van der Waals surface area contributed by atoms with Crippen LogP contribution in [0.3, 0.4) is 0 Å². The Bertz CT molecular complexity index is 2160. The molecule has 0 radical (unpaired) electrons. The Balaban J connectivity index is 1.21. The van der Waals surface area contributed by atoms with Gasteiger partial charge in [0.2, 0.25) is 5.91 Å². The van der Waals surface area contributed by atoms with E-state index in [1.807, 2.05) is 18.2 Å². The standard InChI is InChI=1S/C31H21F6N7OS/c32-15-3-13(4-16(33)7-15)5-22(40-25(45)11-44-29-26(28(43-44)30(34)35)18-8-19(18)31(29,36)37)27-17(9-20-23(41-27)10-39-42-20)14-1-2-24-21(6-14)38-12-46-24/h1-4,6-7,9-10,12,18-19,22,30H,5,8,11H2,(H,39,42)(H,40,45)/t18-,19+,22+/m0/s1. The molecule has 2 N–H and O–H groups in total. The van der Waals surface area contributed by atoms with Crippen LogP contribution in [0.15, 0.2) is 54.2 Å². The molecule has 6 aromatic rings. The van der Waals surface area contributed by atoms with Gasteiger partial charge in [0.25, 0.3) is 12.3 Å². The Kier molecular flexibility index (Phi) is 6.46. The van der Waals surface area contributed by atoms with Gasteiger partial charge in [0.15, 0.2) is 0 Å². The van der Waals surface area contributed by atoms with Crippen molar-refractivity contribution in [3.05, 3.63) is 94.0 Å². The third kappa shape index (κ3) is 4.71. The molecule has 8 rings (SSSR count). The minimum absolute atomic E-state index is 0.0848. The summed E-state index contributed by atoms with van der Waals surface area (Å²) in [7, 11) is 0. The highest BCUT2D eigenvalue weighted by atomic mass is 32.1. The van der Waals surface area contributed by atoms with Gasteiger partial charge in [-0.25, -0.2) is 27.5 Å². The second-order valence-electron chi connectivity index (χ2n) is 11.5. The minimum atomic E-state index is -3.41. The van der Waals surface area contributed by atoms with Crippen LogP contribution in [0.4, 0.5) is 26.3 Å². The predicted molar refractivity (Wildman–Crippen MR) is 155 cm³/mol. The Hall–Kier alpha value is -4.79. The van der Waals surface area contributed by atoms with Gasteiger partial charge in [-0.1, -0.05) is 6.07 Å². The molecule has 4 aromatic heterocycles. The highest BCUT2D eigenvalue weighted by molar-refractivity contribution is 7.16. The largest absolute Gasteiger partial charge is 0.346 e. The number of thiazole rings is 1. The minimum Gasteiger partial charge on any atom is -0.346 e. The average molecular weight is 654 g/mol. The lowest BCUT2D eigenvalue weighted by molar-refractivity contribution is -0.123. The van der Waals surface area contributed by atoms with Crippen molar-refractivity contribution in [3.63, 3.8) is 0 Å². The van der Waals surface area contributed by atoms with E-state index in [1.54, 1.807) is 11.6 Å². The van der Waals surface area contributed by atoms with Gasteiger partial charge in [-0.2, -0.15) is 19.0 Å². The summed E-state index contributed by atoms with van der Waals surface area (Å²) in [5.41, 5.74) is 3.53. The van der Waals surface area contributed by atoms with Crippen LogP contribution in [0.2, 0.25) is 0 Å². The van der Waals surface area contributed by atoms with Gasteiger partial charge in [0, 0.05) is 23.1 Å². The summed E-state index contributed by atoms with van der Waals surface area (Å²) in [5.74, 6) is -7.72. The maximum atomic E-state index is 15.2. The first-order chi connectivity index (χ1) is 22.1. The fourth-order valence-corrected chi connectivity index (χ4v) is 7.21. The lowest BCUT2D eigenvalue weighted by atomic mass is 9.94. The van der Waals surface area contributed by atoms with E-state index in [1.165, 1.54) is 17.5 Å². The number of rotatable bonds is 8. The molecule has 0 unspecified atom stereocenters. The molecule has 1 saturated carbocycles. The zero-order valence-electron chi connectivity index (χ0n) is 23.4. The molecule has 2 aliphatic rings. The third-order valence-corrected chi connectivity index (χ3v) is 9.39. The summed E-state index contributed by atoms with van der Waals surface area (Å²) in [6.45, 7) is -0.786. The van der Waals surface area contributed by atoms with Crippen molar-refractivity contribution < 1.29 is 31.1 Å². The molecule has 234 valence electrons. The second-order valence-corrected chi connectivity index (χ2v) is 12.4. The molecular formula is C31H21F6N7OS. The van der Waals surface area contributed by atoms with Crippen molar-refractivity contribution in [2.45, 2.75) is 43.7 Å². The summed E-state index contributed by atoms with van der Waals surface area (Å²) >= 11 is 1.45. The lowest BCUT2D eigenvalue weighted by Gasteiger charge is -2.22. The number of benzene rings is 2. The number of halogens is 6.